The quantitative estimate of drug-likeness (QED) is 0.644. The van der Waals surface area contributed by atoms with Gasteiger partial charge in [-0.2, -0.15) is 18.3 Å². The van der Waals surface area contributed by atoms with Gasteiger partial charge in [0.25, 0.3) is 5.91 Å². The zero-order valence-corrected chi connectivity index (χ0v) is 17.6. The van der Waals surface area contributed by atoms with Gasteiger partial charge in [0.05, 0.1) is 12.2 Å². The van der Waals surface area contributed by atoms with Crippen LogP contribution in [0.1, 0.15) is 61.3 Å². The molecule has 0 spiro atoms. The summed E-state index contributed by atoms with van der Waals surface area (Å²) in [7, 11) is 0. The molecule has 1 saturated carbocycles. The second-order valence-corrected chi connectivity index (χ2v) is 8.21. The van der Waals surface area contributed by atoms with Gasteiger partial charge < -0.3 is 9.64 Å². The van der Waals surface area contributed by atoms with Gasteiger partial charge >= 0.3 is 6.18 Å². The third-order valence-electron chi connectivity index (χ3n) is 5.21. The summed E-state index contributed by atoms with van der Waals surface area (Å²) in [6.07, 6.45) is -1.39. The number of ether oxygens (including phenoxy) is 1. The van der Waals surface area contributed by atoms with Gasteiger partial charge in [0.2, 0.25) is 0 Å². The number of hydrogen-bond donors (Lipinski definition) is 1. The van der Waals surface area contributed by atoms with Gasteiger partial charge in [-0.3, -0.25) is 9.89 Å². The molecule has 0 unspecified atom stereocenters. The van der Waals surface area contributed by atoms with Gasteiger partial charge in [-0.15, -0.1) is 0 Å². The molecule has 0 atom stereocenters. The van der Waals surface area contributed by atoms with E-state index in [1.54, 1.807) is 17.0 Å². The van der Waals surface area contributed by atoms with Crippen LogP contribution in [0.15, 0.2) is 30.3 Å². The maximum absolute atomic E-state index is 13.2. The predicted octanol–water partition coefficient (Wildman–Crippen LogP) is 5.46. The van der Waals surface area contributed by atoms with E-state index in [1.165, 1.54) is 0 Å². The number of benzene rings is 1. The number of amides is 1. The van der Waals surface area contributed by atoms with Gasteiger partial charge in [-0.05, 0) is 51.2 Å². The summed E-state index contributed by atoms with van der Waals surface area (Å²) in [6.45, 7) is 4.17. The number of H-pyrrole nitrogens is 1. The van der Waals surface area contributed by atoms with E-state index in [2.05, 4.69) is 10.2 Å². The lowest BCUT2D eigenvalue weighted by Gasteiger charge is -2.37. The van der Waals surface area contributed by atoms with Crippen molar-refractivity contribution in [3.63, 3.8) is 0 Å². The number of alkyl halides is 3. The topological polar surface area (TPSA) is 58.2 Å². The summed E-state index contributed by atoms with van der Waals surface area (Å²) in [6, 6.07) is 7.77. The first-order valence-corrected chi connectivity index (χ1v) is 10.4. The molecule has 1 aromatic carbocycles. The van der Waals surface area contributed by atoms with Gasteiger partial charge in [0, 0.05) is 23.7 Å². The maximum Gasteiger partial charge on any atom is 0.435 e. The Morgan fingerprint density at radius 2 is 1.93 bits per heavy atom. The molecule has 1 N–H and O–H groups in total. The molecule has 5 nitrogen and oxygen atoms in total. The van der Waals surface area contributed by atoms with E-state index in [0.29, 0.717) is 17.9 Å². The fraction of sp³-hybridized carbons (Fsp3) is 0.524. The Hall–Kier alpha value is -2.06. The molecule has 0 aliphatic heterocycles. The molecule has 164 valence electrons. The molecule has 1 heterocycles. The summed E-state index contributed by atoms with van der Waals surface area (Å²) in [5.41, 5.74) is -0.559. The number of nitrogens with zero attached hydrogens (tertiary/aromatic N) is 2. The first kappa shape index (κ1) is 22.6. The molecular formula is C21H25ClF3N3O2. The predicted molar refractivity (Wildman–Crippen MR) is 107 cm³/mol. The highest BCUT2D eigenvalue weighted by Crippen LogP contribution is 2.31. The number of aromatic amines is 1. The summed E-state index contributed by atoms with van der Waals surface area (Å²) in [4.78, 5) is 14.8. The Morgan fingerprint density at radius 1 is 1.27 bits per heavy atom. The molecule has 1 aliphatic carbocycles. The summed E-state index contributed by atoms with van der Waals surface area (Å²) < 4.78 is 44.7. The molecule has 0 saturated heterocycles. The van der Waals surface area contributed by atoms with Crippen molar-refractivity contribution in [1.82, 2.24) is 15.1 Å². The van der Waals surface area contributed by atoms with Gasteiger partial charge in [0.15, 0.2) is 5.69 Å². The van der Waals surface area contributed by atoms with E-state index in [1.807, 2.05) is 26.0 Å². The standard InChI is InChI=1S/C21H25ClF3N3O2/c1-13(2)30-16-9-7-15(8-10-16)28(12-14-5-3-4-6-17(14)22)20(29)18-11-19(27-26-18)21(23,24)25/h3-6,11,13,15-16H,7-10,12H2,1-2H3,(H,26,27)/t15-,16-. The molecular weight excluding hydrogens is 419 g/mol. The van der Waals surface area contributed by atoms with Crippen molar-refractivity contribution in [2.45, 2.75) is 70.5 Å². The Kier molecular flexibility index (Phi) is 7.08. The average molecular weight is 444 g/mol. The molecule has 0 bridgehead atoms. The molecule has 0 radical (unpaired) electrons. The first-order chi connectivity index (χ1) is 14.1. The zero-order chi connectivity index (χ0) is 21.9. The van der Waals surface area contributed by atoms with E-state index >= 15 is 0 Å². The molecule has 3 rings (SSSR count). The highest BCUT2D eigenvalue weighted by atomic mass is 35.5. The molecule has 30 heavy (non-hydrogen) atoms. The monoisotopic (exact) mass is 443 g/mol. The van der Waals surface area contributed by atoms with Crippen molar-refractivity contribution in [3.05, 3.63) is 52.3 Å². The van der Waals surface area contributed by atoms with Crippen molar-refractivity contribution in [3.8, 4) is 0 Å². The van der Waals surface area contributed by atoms with E-state index in [9.17, 15) is 18.0 Å². The van der Waals surface area contributed by atoms with E-state index < -0.39 is 17.8 Å². The molecule has 9 heteroatoms. The van der Waals surface area contributed by atoms with Crippen LogP contribution < -0.4 is 0 Å². The Labute approximate surface area is 178 Å². The number of rotatable bonds is 6. The van der Waals surface area contributed by atoms with Crippen LogP contribution in [0.25, 0.3) is 0 Å². The largest absolute Gasteiger partial charge is 0.435 e. The average Bonchev–Trinajstić information content (AvgIpc) is 3.18. The maximum atomic E-state index is 13.2. The van der Waals surface area contributed by atoms with Crippen LogP contribution in [0.4, 0.5) is 13.2 Å². The van der Waals surface area contributed by atoms with E-state index in [4.69, 9.17) is 16.3 Å². The lowest BCUT2D eigenvalue weighted by atomic mass is 9.91. The third-order valence-corrected chi connectivity index (χ3v) is 5.58. The van der Waals surface area contributed by atoms with Crippen LogP contribution in [0.5, 0.6) is 0 Å². The third kappa shape index (κ3) is 5.55. The Balaban J connectivity index is 1.82. The lowest BCUT2D eigenvalue weighted by Crippen LogP contribution is -2.43. The number of aromatic nitrogens is 2. The summed E-state index contributed by atoms with van der Waals surface area (Å²) in [5, 5.41) is 6.02. The SMILES string of the molecule is CC(C)O[C@H]1CC[C@H](N(Cc2ccccc2Cl)C(=O)c2cc(C(F)(F)F)n[nH]2)CC1. The minimum atomic E-state index is -4.62. The first-order valence-electron chi connectivity index (χ1n) is 9.97. The second-order valence-electron chi connectivity index (χ2n) is 7.80. The number of halogens is 4. The summed E-state index contributed by atoms with van der Waals surface area (Å²) in [5.74, 6) is -0.522. The second kappa shape index (κ2) is 9.39. The van der Waals surface area contributed by atoms with E-state index in [-0.39, 0.29) is 30.5 Å². The van der Waals surface area contributed by atoms with Gasteiger partial charge in [-0.25, -0.2) is 0 Å². The Bertz CT molecular complexity index is 861. The molecule has 1 fully saturated rings. The van der Waals surface area contributed by atoms with Crippen molar-refractivity contribution in [2.24, 2.45) is 0 Å². The normalized spacial score (nSPS) is 19.8. The molecule has 1 amide bonds. The number of hydrogen-bond acceptors (Lipinski definition) is 3. The lowest BCUT2D eigenvalue weighted by molar-refractivity contribution is -0.141. The van der Waals surface area contributed by atoms with Crippen molar-refractivity contribution >= 4 is 17.5 Å². The van der Waals surface area contributed by atoms with Crippen LogP contribution in [0.2, 0.25) is 5.02 Å². The van der Waals surface area contributed by atoms with Crippen molar-refractivity contribution < 1.29 is 22.7 Å². The smallest absolute Gasteiger partial charge is 0.376 e. The summed E-state index contributed by atoms with van der Waals surface area (Å²) >= 11 is 6.28. The Morgan fingerprint density at radius 3 is 2.50 bits per heavy atom. The van der Waals surface area contributed by atoms with E-state index in [0.717, 1.165) is 24.5 Å². The van der Waals surface area contributed by atoms with Crippen molar-refractivity contribution in [2.75, 3.05) is 0 Å². The molecule has 1 aliphatic rings. The fourth-order valence-corrected chi connectivity index (χ4v) is 3.98. The van der Waals surface area contributed by atoms with Gasteiger partial charge in [0.1, 0.15) is 5.69 Å². The van der Waals surface area contributed by atoms with Gasteiger partial charge in [-0.1, -0.05) is 29.8 Å². The van der Waals surface area contributed by atoms with Crippen LogP contribution in [0, 0.1) is 0 Å². The zero-order valence-electron chi connectivity index (χ0n) is 16.9. The highest BCUT2D eigenvalue weighted by molar-refractivity contribution is 6.31. The van der Waals surface area contributed by atoms with Crippen LogP contribution in [0.3, 0.4) is 0 Å². The highest BCUT2D eigenvalue weighted by Gasteiger charge is 2.36. The van der Waals surface area contributed by atoms with Crippen molar-refractivity contribution in [1.29, 1.82) is 0 Å². The van der Waals surface area contributed by atoms with Crippen LogP contribution in [-0.4, -0.2) is 39.3 Å². The molecule has 1 aromatic heterocycles. The number of carbonyl (C=O) groups is 1. The fourth-order valence-electron chi connectivity index (χ4n) is 3.79. The minimum Gasteiger partial charge on any atom is -0.376 e. The minimum absolute atomic E-state index is 0.123. The number of carbonyl (C=O) groups excluding carboxylic acids is 1. The number of nitrogens with one attached hydrogen (secondary N) is 1. The van der Waals surface area contributed by atoms with Crippen LogP contribution in [-0.2, 0) is 17.5 Å². The van der Waals surface area contributed by atoms with Crippen LogP contribution >= 0.6 is 11.6 Å². The molecule has 2 aromatic rings.